The highest BCUT2D eigenvalue weighted by atomic mass is 35.5. The molecule has 2 rings (SSSR count). The van der Waals surface area contributed by atoms with Crippen molar-refractivity contribution in [3.8, 4) is 0 Å². The largest absolute Gasteiger partial charge is 0.324 e. The second-order valence-electron chi connectivity index (χ2n) is 6.45. The third-order valence-electron chi connectivity index (χ3n) is 3.98. The van der Waals surface area contributed by atoms with Gasteiger partial charge in [0, 0.05) is 5.69 Å². The lowest BCUT2D eigenvalue weighted by molar-refractivity contribution is -0.117. The zero-order chi connectivity index (χ0) is 20.4. The van der Waals surface area contributed by atoms with Gasteiger partial charge in [0.15, 0.2) is 0 Å². The number of benzene rings is 2. The fourth-order valence-corrected chi connectivity index (χ4v) is 4.45. The van der Waals surface area contributed by atoms with Gasteiger partial charge in [-0.2, -0.15) is 0 Å². The summed E-state index contributed by atoms with van der Waals surface area (Å²) in [5.41, 5.74) is 2.92. The highest BCUT2D eigenvalue weighted by Crippen LogP contribution is 2.30. The van der Waals surface area contributed by atoms with Crippen molar-refractivity contribution in [2.24, 2.45) is 0 Å². The van der Waals surface area contributed by atoms with Crippen LogP contribution < -0.4 is 9.62 Å². The Balaban J connectivity index is 2.42. The molecule has 146 valence electrons. The van der Waals surface area contributed by atoms with Crippen molar-refractivity contribution in [2.75, 3.05) is 15.9 Å². The summed E-state index contributed by atoms with van der Waals surface area (Å²) in [5.74, 6) is -0.418. The number of carbonyl (C=O) groups excluding carboxylic acids is 1. The van der Waals surface area contributed by atoms with Gasteiger partial charge in [-0.3, -0.25) is 9.10 Å². The molecule has 1 unspecified atom stereocenters. The molecule has 0 saturated carbocycles. The van der Waals surface area contributed by atoms with E-state index in [9.17, 15) is 13.2 Å². The standard InChI is InChI=1S/C19H22Cl2N2O3S/c1-5-18(19(24)22-14-9-12(2)8-13(3)10-14)23(27(4,25)26)15-6-7-16(20)17(21)11-15/h6-11,18H,5H2,1-4H3,(H,22,24). The van der Waals surface area contributed by atoms with Crippen LogP contribution in [-0.2, 0) is 14.8 Å². The minimum atomic E-state index is -3.74. The molecular weight excluding hydrogens is 407 g/mol. The van der Waals surface area contributed by atoms with Gasteiger partial charge in [0.1, 0.15) is 6.04 Å². The molecule has 0 bridgehead atoms. The molecule has 0 aliphatic carbocycles. The molecule has 8 heteroatoms. The number of carbonyl (C=O) groups is 1. The maximum Gasteiger partial charge on any atom is 0.248 e. The maximum absolute atomic E-state index is 12.9. The van der Waals surface area contributed by atoms with Gasteiger partial charge in [-0.05, 0) is 61.7 Å². The van der Waals surface area contributed by atoms with E-state index < -0.39 is 22.0 Å². The number of hydrogen-bond acceptors (Lipinski definition) is 3. The number of halogens is 2. The number of nitrogens with one attached hydrogen (secondary N) is 1. The van der Waals surface area contributed by atoms with Crippen molar-refractivity contribution in [3.05, 3.63) is 57.6 Å². The summed E-state index contributed by atoms with van der Waals surface area (Å²) in [7, 11) is -3.74. The van der Waals surface area contributed by atoms with Crippen LogP contribution in [0.5, 0.6) is 0 Å². The smallest absolute Gasteiger partial charge is 0.248 e. The second-order valence-corrected chi connectivity index (χ2v) is 9.12. The van der Waals surface area contributed by atoms with Gasteiger partial charge in [0.2, 0.25) is 15.9 Å². The topological polar surface area (TPSA) is 66.5 Å². The van der Waals surface area contributed by atoms with E-state index >= 15 is 0 Å². The first kappa shape index (κ1) is 21.5. The first-order chi connectivity index (χ1) is 12.5. The van der Waals surface area contributed by atoms with Gasteiger partial charge in [0.25, 0.3) is 0 Å². The normalized spacial score (nSPS) is 12.5. The Hall–Kier alpha value is -1.76. The molecule has 1 N–H and O–H groups in total. The van der Waals surface area contributed by atoms with Crippen molar-refractivity contribution < 1.29 is 13.2 Å². The van der Waals surface area contributed by atoms with E-state index in [0.29, 0.717) is 10.7 Å². The average molecular weight is 429 g/mol. The summed E-state index contributed by atoms with van der Waals surface area (Å²) in [5, 5.41) is 3.34. The van der Waals surface area contributed by atoms with E-state index in [1.165, 1.54) is 18.2 Å². The van der Waals surface area contributed by atoms with Crippen LogP contribution in [0.2, 0.25) is 10.0 Å². The van der Waals surface area contributed by atoms with Crippen LogP contribution in [0.25, 0.3) is 0 Å². The fourth-order valence-electron chi connectivity index (χ4n) is 2.95. The molecule has 1 amide bonds. The summed E-state index contributed by atoms with van der Waals surface area (Å²) in [6.45, 7) is 5.61. The Labute approximate surface area is 170 Å². The summed E-state index contributed by atoms with van der Waals surface area (Å²) in [6.07, 6.45) is 1.34. The van der Waals surface area contributed by atoms with Crippen LogP contribution >= 0.6 is 23.2 Å². The first-order valence-electron chi connectivity index (χ1n) is 8.36. The molecule has 0 aliphatic heterocycles. The van der Waals surface area contributed by atoms with Gasteiger partial charge >= 0.3 is 0 Å². The Bertz CT molecular complexity index is 941. The molecule has 0 radical (unpaired) electrons. The van der Waals surface area contributed by atoms with E-state index in [-0.39, 0.29) is 17.1 Å². The highest BCUT2D eigenvalue weighted by molar-refractivity contribution is 7.92. The second kappa shape index (κ2) is 8.50. The van der Waals surface area contributed by atoms with Gasteiger partial charge in [-0.15, -0.1) is 0 Å². The minimum Gasteiger partial charge on any atom is -0.324 e. The third-order valence-corrected chi connectivity index (χ3v) is 5.90. The minimum absolute atomic E-state index is 0.215. The zero-order valence-electron chi connectivity index (χ0n) is 15.6. The van der Waals surface area contributed by atoms with Gasteiger partial charge in [-0.25, -0.2) is 8.42 Å². The lowest BCUT2D eigenvalue weighted by Crippen LogP contribution is -2.47. The highest BCUT2D eigenvalue weighted by Gasteiger charge is 2.32. The van der Waals surface area contributed by atoms with E-state index in [1.807, 2.05) is 32.0 Å². The Kier molecular flexibility index (Phi) is 6.78. The number of nitrogens with zero attached hydrogens (tertiary/aromatic N) is 1. The van der Waals surface area contributed by atoms with Crippen LogP contribution in [0.15, 0.2) is 36.4 Å². The van der Waals surface area contributed by atoms with Crippen LogP contribution in [0.3, 0.4) is 0 Å². The summed E-state index contributed by atoms with van der Waals surface area (Å²) < 4.78 is 26.0. The molecule has 0 fully saturated rings. The molecule has 2 aromatic carbocycles. The van der Waals surface area contributed by atoms with Gasteiger partial charge in [-0.1, -0.05) is 36.2 Å². The summed E-state index contributed by atoms with van der Waals surface area (Å²) in [4.78, 5) is 12.9. The summed E-state index contributed by atoms with van der Waals surface area (Å²) >= 11 is 12.0. The SMILES string of the molecule is CCC(C(=O)Nc1cc(C)cc(C)c1)N(c1ccc(Cl)c(Cl)c1)S(C)(=O)=O. The predicted octanol–water partition coefficient (Wildman–Crippen LogP) is 4.79. The Morgan fingerprint density at radius 1 is 1.07 bits per heavy atom. The molecule has 0 aromatic heterocycles. The lowest BCUT2D eigenvalue weighted by atomic mass is 10.1. The van der Waals surface area contributed by atoms with Crippen molar-refractivity contribution >= 4 is 50.5 Å². The van der Waals surface area contributed by atoms with E-state index in [2.05, 4.69) is 5.32 Å². The lowest BCUT2D eigenvalue weighted by Gasteiger charge is -2.30. The van der Waals surface area contributed by atoms with Crippen molar-refractivity contribution in [2.45, 2.75) is 33.2 Å². The Morgan fingerprint density at radius 2 is 1.67 bits per heavy atom. The maximum atomic E-state index is 12.9. The molecule has 5 nitrogen and oxygen atoms in total. The van der Waals surface area contributed by atoms with Crippen LogP contribution in [-0.4, -0.2) is 26.6 Å². The molecule has 1 atom stereocenters. The molecule has 0 saturated heterocycles. The molecule has 27 heavy (non-hydrogen) atoms. The summed E-state index contributed by atoms with van der Waals surface area (Å²) in [6, 6.07) is 9.21. The van der Waals surface area contributed by atoms with Crippen LogP contribution in [0.1, 0.15) is 24.5 Å². The number of anilines is 2. The third kappa shape index (κ3) is 5.37. The van der Waals surface area contributed by atoms with Crippen molar-refractivity contribution in [1.82, 2.24) is 0 Å². The monoisotopic (exact) mass is 428 g/mol. The fraction of sp³-hybridized carbons (Fsp3) is 0.316. The van der Waals surface area contributed by atoms with Gasteiger partial charge < -0.3 is 5.32 Å². The van der Waals surface area contributed by atoms with Crippen molar-refractivity contribution in [3.63, 3.8) is 0 Å². The number of amides is 1. The number of aryl methyl sites for hydroxylation is 2. The quantitative estimate of drug-likeness (QED) is 0.718. The average Bonchev–Trinajstić information content (AvgIpc) is 2.53. The Morgan fingerprint density at radius 3 is 2.15 bits per heavy atom. The van der Waals surface area contributed by atoms with Crippen LogP contribution in [0.4, 0.5) is 11.4 Å². The first-order valence-corrected chi connectivity index (χ1v) is 11.0. The zero-order valence-corrected chi connectivity index (χ0v) is 17.9. The molecule has 0 aliphatic rings. The van der Waals surface area contributed by atoms with Gasteiger partial charge in [0.05, 0.1) is 22.0 Å². The van der Waals surface area contributed by atoms with E-state index in [1.54, 1.807) is 6.92 Å². The molecule has 0 spiro atoms. The van der Waals surface area contributed by atoms with E-state index in [4.69, 9.17) is 23.2 Å². The molecule has 0 heterocycles. The number of rotatable bonds is 6. The number of hydrogen-bond donors (Lipinski definition) is 1. The van der Waals surface area contributed by atoms with E-state index in [0.717, 1.165) is 21.7 Å². The predicted molar refractivity (Wildman–Crippen MR) is 112 cm³/mol. The molecule has 2 aromatic rings. The number of sulfonamides is 1. The molecular formula is C19H22Cl2N2O3S. The van der Waals surface area contributed by atoms with Crippen LogP contribution in [0, 0.1) is 13.8 Å². The van der Waals surface area contributed by atoms with Crippen molar-refractivity contribution in [1.29, 1.82) is 0 Å².